The molecule has 9 heteroatoms. The first kappa shape index (κ1) is 18.5. The molecule has 0 bridgehead atoms. The molecule has 0 unspecified atom stereocenters. The number of carbonyl (C=O) groups is 1. The minimum Gasteiger partial charge on any atom is -0.323 e. The van der Waals surface area contributed by atoms with Gasteiger partial charge in [0.05, 0.1) is 24.7 Å². The molecule has 2 aromatic rings. The highest BCUT2D eigenvalue weighted by molar-refractivity contribution is 7.88. The monoisotopic (exact) mass is 380 g/mol. The number of benzene rings is 1. The van der Waals surface area contributed by atoms with E-state index >= 15 is 0 Å². The molecule has 1 fully saturated rings. The third kappa shape index (κ3) is 4.67. The molecule has 140 valence electrons. The number of rotatable bonds is 5. The van der Waals surface area contributed by atoms with Crippen LogP contribution in [-0.4, -0.2) is 47.8 Å². The van der Waals surface area contributed by atoms with E-state index in [-0.39, 0.29) is 17.6 Å². The molecule has 1 saturated heterocycles. The number of piperidine rings is 1. The molecule has 3 rings (SSSR count). The van der Waals surface area contributed by atoms with E-state index in [4.69, 9.17) is 0 Å². The van der Waals surface area contributed by atoms with Crippen LogP contribution in [0.5, 0.6) is 0 Å². The molecule has 0 radical (unpaired) electrons. The van der Waals surface area contributed by atoms with Crippen LogP contribution in [0.1, 0.15) is 18.4 Å². The Morgan fingerprint density at radius 1 is 1.27 bits per heavy atom. The van der Waals surface area contributed by atoms with Gasteiger partial charge in [0.25, 0.3) is 0 Å². The molecule has 0 saturated carbocycles. The van der Waals surface area contributed by atoms with Crippen LogP contribution in [0.2, 0.25) is 0 Å². The zero-order chi connectivity index (χ0) is 18.7. The number of sulfonamides is 1. The van der Waals surface area contributed by atoms with Gasteiger partial charge in [0.2, 0.25) is 15.9 Å². The summed E-state index contributed by atoms with van der Waals surface area (Å²) in [5.41, 5.74) is 1.49. The Hall–Kier alpha value is -2.26. The quantitative estimate of drug-likeness (QED) is 0.855. The molecule has 0 aliphatic carbocycles. The highest BCUT2D eigenvalue weighted by atomic mass is 32.2. The van der Waals surface area contributed by atoms with Gasteiger partial charge < -0.3 is 5.32 Å². The smallest absolute Gasteiger partial charge is 0.227 e. The Morgan fingerprint density at radius 2 is 1.92 bits per heavy atom. The Morgan fingerprint density at radius 3 is 2.54 bits per heavy atom. The lowest BCUT2D eigenvalue weighted by Gasteiger charge is -2.29. The van der Waals surface area contributed by atoms with Crippen molar-refractivity contribution in [2.45, 2.75) is 19.4 Å². The summed E-state index contributed by atoms with van der Waals surface area (Å²) in [5.74, 6) is -0.628. The van der Waals surface area contributed by atoms with Crippen LogP contribution in [0, 0.1) is 11.7 Å². The average Bonchev–Trinajstić information content (AvgIpc) is 3.03. The van der Waals surface area contributed by atoms with Crippen molar-refractivity contribution in [1.82, 2.24) is 14.1 Å². The van der Waals surface area contributed by atoms with Crippen LogP contribution in [0.15, 0.2) is 36.7 Å². The van der Waals surface area contributed by atoms with Gasteiger partial charge in [0.1, 0.15) is 5.82 Å². The first-order valence-electron chi connectivity index (χ1n) is 8.34. The van der Waals surface area contributed by atoms with E-state index in [9.17, 15) is 17.6 Å². The van der Waals surface area contributed by atoms with Crippen molar-refractivity contribution in [3.63, 3.8) is 0 Å². The van der Waals surface area contributed by atoms with Crippen molar-refractivity contribution in [2.75, 3.05) is 24.7 Å². The van der Waals surface area contributed by atoms with E-state index in [1.807, 2.05) is 0 Å². The predicted molar refractivity (Wildman–Crippen MR) is 95.5 cm³/mol. The van der Waals surface area contributed by atoms with Gasteiger partial charge >= 0.3 is 0 Å². The van der Waals surface area contributed by atoms with Crippen LogP contribution >= 0.6 is 0 Å². The molecule has 2 heterocycles. The molecule has 1 amide bonds. The molecule has 0 atom stereocenters. The Kier molecular flexibility index (Phi) is 5.38. The molecule has 1 aliphatic rings. The van der Waals surface area contributed by atoms with Crippen LogP contribution < -0.4 is 5.32 Å². The maximum absolute atomic E-state index is 12.9. The molecular formula is C17H21FN4O3S. The van der Waals surface area contributed by atoms with Gasteiger partial charge in [-0.15, -0.1) is 0 Å². The van der Waals surface area contributed by atoms with Crippen LogP contribution in [0.4, 0.5) is 10.1 Å². The summed E-state index contributed by atoms with van der Waals surface area (Å²) >= 11 is 0. The number of hydrogen-bond donors (Lipinski definition) is 1. The number of nitrogens with zero attached hydrogens (tertiary/aromatic N) is 3. The number of anilines is 1. The molecule has 1 aromatic carbocycles. The minimum absolute atomic E-state index is 0.125. The van der Waals surface area contributed by atoms with Gasteiger partial charge in [0.15, 0.2) is 0 Å². The van der Waals surface area contributed by atoms with Crippen molar-refractivity contribution in [2.24, 2.45) is 5.92 Å². The van der Waals surface area contributed by atoms with Crippen molar-refractivity contribution >= 4 is 21.6 Å². The zero-order valence-electron chi connectivity index (χ0n) is 14.4. The summed E-state index contributed by atoms with van der Waals surface area (Å²) in [6.07, 6.45) is 5.47. The zero-order valence-corrected chi connectivity index (χ0v) is 15.2. The van der Waals surface area contributed by atoms with Crippen LogP contribution in [0.25, 0.3) is 0 Å². The summed E-state index contributed by atoms with van der Waals surface area (Å²) in [4.78, 5) is 12.4. The second-order valence-corrected chi connectivity index (χ2v) is 8.46. The van der Waals surface area contributed by atoms with E-state index in [2.05, 4.69) is 10.4 Å². The number of carbonyl (C=O) groups excluding carboxylic acids is 1. The first-order valence-corrected chi connectivity index (χ1v) is 10.2. The molecule has 26 heavy (non-hydrogen) atoms. The summed E-state index contributed by atoms with van der Waals surface area (Å²) in [6, 6.07) is 6.16. The number of nitrogens with one attached hydrogen (secondary N) is 1. The largest absolute Gasteiger partial charge is 0.323 e. The first-order chi connectivity index (χ1) is 12.3. The lowest BCUT2D eigenvalue weighted by molar-refractivity contribution is -0.120. The van der Waals surface area contributed by atoms with Gasteiger partial charge in [-0.25, -0.2) is 17.1 Å². The second-order valence-electron chi connectivity index (χ2n) is 6.48. The lowest BCUT2D eigenvalue weighted by Crippen LogP contribution is -2.40. The topological polar surface area (TPSA) is 84.3 Å². The maximum Gasteiger partial charge on any atom is 0.227 e. The number of hydrogen-bond acceptors (Lipinski definition) is 4. The third-order valence-electron chi connectivity index (χ3n) is 4.45. The van der Waals surface area contributed by atoms with E-state index in [1.165, 1.54) is 22.7 Å². The standard InChI is InChI=1S/C17H21FN4O3S/c1-26(24,25)22-8-6-14(7-9-22)17(23)20-16-10-19-21(12-16)11-13-2-4-15(18)5-3-13/h2-5,10,12,14H,6-9,11H2,1H3,(H,20,23). The SMILES string of the molecule is CS(=O)(=O)N1CCC(C(=O)Nc2cnn(Cc3ccc(F)cc3)c2)CC1. The summed E-state index contributed by atoms with van der Waals surface area (Å²) < 4.78 is 39.0. The lowest BCUT2D eigenvalue weighted by atomic mass is 9.97. The Balaban J connectivity index is 1.54. The number of aromatic nitrogens is 2. The molecule has 1 N–H and O–H groups in total. The predicted octanol–water partition coefficient (Wildman–Crippen LogP) is 1.68. The van der Waals surface area contributed by atoms with E-state index in [1.54, 1.807) is 29.2 Å². The van der Waals surface area contributed by atoms with E-state index in [0.29, 0.717) is 38.2 Å². The van der Waals surface area contributed by atoms with Crippen LogP contribution in [0.3, 0.4) is 0 Å². The summed E-state index contributed by atoms with van der Waals surface area (Å²) in [6.45, 7) is 1.20. The second kappa shape index (κ2) is 7.55. The molecular weight excluding hydrogens is 359 g/mol. The van der Waals surface area contributed by atoms with Gasteiger partial charge in [-0.1, -0.05) is 12.1 Å². The normalized spacial score (nSPS) is 16.5. The molecule has 0 spiro atoms. The van der Waals surface area contributed by atoms with Crippen molar-refractivity contribution in [3.8, 4) is 0 Å². The fourth-order valence-electron chi connectivity index (χ4n) is 2.99. The van der Waals surface area contributed by atoms with Crippen molar-refractivity contribution in [1.29, 1.82) is 0 Å². The third-order valence-corrected chi connectivity index (χ3v) is 5.76. The van der Waals surface area contributed by atoms with E-state index < -0.39 is 10.0 Å². The Labute approximate surface area is 151 Å². The maximum atomic E-state index is 12.9. The van der Waals surface area contributed by atoms with Gasteiger partial charge in [-0.2, -0.15) is 5.10 Å². The fraction of sp³-hybridized carbons (Fsp3) is 0.412. The van der Waals surface area contributed by atoms with Crippen LogP contribution in [-0.2, 0) is 21.4 Å². The highest BCUT2D eigenvalue weighted by Crippen LogP contribution is 2.21. The van der Waals surface area contributed by atoms with Gasteiger partial charge in [0, 0.05) is 25.2 Å². The molecule has 1 aromatic heterocycles. The van der Waals surface area contributed by atoms with E-state index in [0.717, 1.165) is 5.56 Å². The molecule has 7 nitrogen and oxygen atoms in total. The number of amides is 1. The van der Waals surface area contributed by atoms with Crippen molar-refractivity contribution < 1.29 is 17.6 Å². The Bertz CT molecular complexity index is 872. The highest BCUT2D eigenvalue weighted by Gasteiger charge is 2.29. The minimum atomic E-state index is -3.20. The average molecular weight is 380 g/mol. The van der Waals surface area contributed by atoms with Crippen molar-refractivity contribution in [3.05, 3.63) is 48.0 Å². The molecule has 1 aliphatic heterocycles. The summed E-state index contributed by atoms with van der Waals surface area (Å²) in [7, 11) is -3.20. The number of halogens is 1. The fourth-order valence-corrected chi connectivity index (χ4v) is 3.86. The van der Waals surface area contributed by atoms with Gasteiger partial charge in [-0.3, -0.25) is 9.48 Å². The summed E-state index contributed by atoms with van der Waals surface area (Å²) in [5, 5.41) is 7.03. The van der Waals surface area contributed by atoms with Gasteiger partial charge in [-0.05, 0) is 30.5 Å².